The zero-order valence-corrected chi connectivity index (χ0v) is 11.5. The summed E-state index contributed by atoms with van der Waals surface area (Å²) < 4.78 is 18.9. The van der Waals surface area contributed by atoms with Gasteiger partial charge in [-0.3, -0.25) is 14.9 Å². The molecule has 0 heterocycles. The first-order valence-corrected chi connectivity index (χ1v) is 6.88. The molecule has 7 heteroatoms. The predicted octanol–water partition coefficient (Wildman–Crippen LogP) is 2.28. The van der Waals surface area contributed by atoms with E-state index in [1.54, 1.807) is 0 Å². The van der Waals surface area contributed by atoms with Crippen molar-refractivity contribution in [1.29, 1.82) is 0 Å². The third-order valence-corrected chi connectivity index (χ3v) is 3.21. The average Bonchev–Trinajstić information content (AvgIpc) is 3.26. The molecule has 1 aromatic carbocycles. The Morgan fingerprint density at radius 1 is 1.48 bits per heavy atom. The van der Waals surface area contributed by atoms with E-state index in [4.69, 9.17) is 4.74 Å². The quantitative estimate of drug-likeness (QED) is 0.453. The number of carbonyl (C=O) groups excluding carboxylic acids is 1. The number of benzene rings is 1. The number of nitro benzene ring substituents is 1. The fourth-order valence-electron chi connectivity index (χ4n) is 1.81. The number of non-ortho nitro benzene ring substituents is 1. The van der Waals surface area contributed by atoms with Gasteiger partial charge in [0.25, 0.3) is 11.6 Å². The van der Waals surface area contributed by atoms with Gasteiger partial charge >= 0.3 is 0 Å². The lowest BCUT2D eigenvalue weighted by Crippen LogP contribution is -2.26. The normalized spacial score (nSPS) is 14.0. The number of hydrogen-bond donors (Lipinski definition) is 1. The van der Waals surface area contributed by atoms with Gasteiger partial charge in [0.15, 0.2) is 0 Å². The Bertz CT molecular complexity index is 532. The third-order valence-electron chi connectivity index (χ3n) is 3.21. The summed E-state index contributed by atoms with van der Waals surface area (Å²) in [5, 5.41) is 13.1. The third kappa shape index (κ3) is 4.78. The maximum Gasteiger partial charge on any atom is 0.270 e. The van der Waals surface area contributed by atoms with Crippen LogP contribution < -0.4 is 5.32 Å². The van der Waals surface area contributed by atoms with E-state index >= 15 is 0 Å². The van der Waals surface area contributed by atoms with Crippen LogP contribution in [-0.2, 0) is 4.74 Å². The molecule has 1 amide bonds. The summed E-state index contributed by atoms with van der Waals surface area (Å²) >= 11 is 0. The minimum Gasteiger partial charge on any atom is -0.381 e. The van der Waals surface area contributed by atoms with E-state index < -0.39 is 16.6 Å². The van der Waals surface area contributed by atoms with Crippen LogP contribution in [0.1, 0.15) is 29.6 Å². The first-order valence-electron chi connectivity index (χ1n) is 6.88. The minimum atomic E-state index is -0.775. The van der Waals surface area contributed by atoms with E-state index in [9.17, 15) is 19.3 Å². The van der Waals surface area contributed by atoms with Crippen LogP contribution >= 0.6 is 0 Å². The van der Waals surface area contributed by atoms with Gasteiger partial charge in [0, 0.05) is 31.9 Å². The van der Waals surface area contributed by atoms with Gasteiger partial charge in [-0.25, -0.2) is 4.39 Å². The second kappa shape index (κ2) is 7.12. The maximum atomic E-state index is 13.5. The number of carbonyl (C=O) groups is 1. The molecule has 21 heavy (non-hydrogen) atoms. The van der Waals surface area contributed by atoms with Crippen molar-refractivity contribution in [3.8, 4) is 0 Å². The van der Waals surface area contributed by atoms with Crippen LogP contribution in [0, 0.1) is 21.8 Å². The Morgan fingerprint density at radius 2 is 2.24 bits per heavy atom. The molecule has 0 aliphatic heterocycles. The number of halogens is 1. The van der Waals surface area contributed by atoms with E-state index in [2.05, 4.69) is 5.32 Å². The topological polar surface area (TPSA) is 81.5 Å². The van der Waals surface area contributed by atoms with Crippen LogP contribution in [0.4, 0.5) is 10.1 Å². The highest BCUT2D eigenvalue weighted by Crippen LogP contribution is 2.28. The average molecular weight is 296 g/mol. The lowest BCUT2D eigenvalue weighted by atomic mass is 10.1. The number of nitrogens with one attached hydrogen (secondary N) is 1. The SMILES string of the molecule is O=C(NCCCOCC1CC1)c1cc([N+](=O)[O-])ccc1F. The van der Waals surface area contributed by atoms with Crippen molar-refractivity contribution in [2.75, 3.05) is 19.8 Å². The largest absolute Gasteiger partial charge is 0.381 e. The fourth-order valence-corrected chi connectivity index (χ4v) is 1.81. The standard InChI is InChI=1S/C14H17FN2O4/c15-13-5-4-11(17(19)20)8-12(13)14(18)16-6-1-7-21-9-10-2-3-10/h4-5,8,10H,1-3,6-7,9H2,(H,16,18). The molecule has 1 aliphatic rings. The number of nitro groups is 1. The maximum absolute atomic E-state index is 13.5. The monoisotopic (exact) mass is 296 g/mol. The van der Waals surface area contributed by atoms with Gasteiger partial charge in [-0.05, 0) is 31.2 Å². The molecule has 6 nitrogen and oxygen atoms in total. The van der Waals surface area contributed by atoms with E-state index in [1.807, 2.05) is 0 Å². The summed E-state index contributed by atoms with van der Waals surface area (Å²) in [7, 11) is 0. The summed E-state index contributed by atoms with van der Waals surface area (Å²) in [4.78, 5) is 21.7. The van der Waals surface area contributed by atoms with Crippen LogP contribution in [0.2, 0.25) is 0 Å². The van der Waals surface area contributed by atoms with E-state index in [0.717, 1.165) is 24.8 Å². The molecule has 0 spiro atoms. The molecule has 1 aromatic rings. The summed E-state index contributed by atoms with van der Waals surface area (Å²) in [6, 6.07) is 2.89. The van der Waals surface area contributed by atoms with Gasteiger partial charge in [-0.2, -0.15) is 0 Å². The van der Waals surface area contributed by atoms with Gasteiger partial charge in [-0.15, -0.1) is 0 Å². The molecule has 1 N–H and O–H groups in total. The van der Waals surface area contributed by atoms with Gasteiger partial charge in [0.05, 0.1) is 10.5 Å². The zero-order valence-electron chi connectivity index (χ0n) is 11.5. The molecule has 1 saturated carbocycles. The highest BCUT2D eigenvalue weighted by atomic mass is 19.1. The van der Waals surface area contributed by atoms with Crippen molar-refractivity contribution < 1.29 is 18.8 Å². The van der Waals surface area contributed by atoms with Crippen LogP contribution in [0.3, 0.4) is 0 Å². The molecule has 1 aliphatic carbocycles. The lowest BCUT2D eigenvalue weighted by Gasteiger charge is -2.06. The second-order valence-corrected chi connectivity index (χ2v) is 5.05. The van der Waals surface area contributed by atoms with E-state index in [1.165, 1.54) is 12.8 Å². The molecular weight excluding hydrogens is 279 g/mol. The van der Waals surface area contributed by atoms with Gasteiger partial charge in [-0.1, -0.05) is 0 Å². The minimum absolute atomic E-state index is 0.311. The Morgan fingerprint density at radius 3 is 2.90 bits per heavy atom. The Labute approximate surface area is 121 Å². The first-order chi connectivity index (χ1) is 10.1. The predicted molar refractivity (Wildman–Crippen MR) is 73.5 cm³/mol. The number of nitrogens with zero attached hydrogens (tertiary/aromatic N) is 1. The summed E-state index contributed by atoms with van der Waals surface area (Å²) in [5.41, 5.74) is -0.627. The molecule has 114 valence electrons. The number of hydrogen-bond acceptors (Lipinski definition) is 4. The molecule has 0 atom stereocenters. The molecule has 0 unspecified atom stereocenters. The van der Waals surface area contributed by atoms with Crippen LogP contribution in [0.15, 0.2) is 18.2 Å². The molecule has 0 radical (unpaired) electrons. The fraction of sp³-hybridized carbons (Fsp3) is 0.500. The Hall–Kier alpha value is -2.02. The van der Waals surface area contributed by atoms with Crippen LogP contribution in [0.5, 0.6) is 0 Å². The summed E-state index contributed by atoms with van der Waals surface area (Å²) in [6.45, 7) is 1.63. The van der Waals surface area contributed by atoms with Crippen LogP contribution in [-0.4, -0.2) is 30.6 Å². The van der Waals surface area contributed by atoms with Crippen molar-refractivity contribution in [3.63, 3.8) is 0 Å². The Balaban J connectivity index is 1.76. The summed E-state index contributed by atoms with van der Waals surface area (Å²) in [5.74, 6) is -0.736. The highest BCUT2D eigenvalue weighted by molar-refractivity contribution is 5.95. The molecule has 0 aromatic heterocycles. The van der Waals surface area contributed by atoms with Gasteiger partial charge < -0.3 is 10.1 Å². The zero-order chi connectivity index (χ0) is 15.2. The smallest absolute Gasteiger partial charge is 0.270 e. The molecular formula is C14H17FN2O4. The van der Waals surface area contributed by atoms with Gasteiger partial charge in [0.1, 0.15) is 5.82 Å². The molecule has 2 rings (SSSR count). The number of ether oxygens (including phenoxy) is 1. The molecule has 0 saturated heterocycles. The molecule has 1 fully saturated rings. The first kappa shape index (κ1) is 15.4. The lowest BCUT2D eigenvalue weighted by molar-refractivity contribution is -0.384. The molecule has 0 bridgehead atoms. The highest BCUT2D eigenvalue weighted by Gasteiger charge is 2.21. The van der Waals surface area contributed by atoms with Crippen molar-refractivity contribution in [3.05, 3.63) is 39.7 Å². The van der Waals surface area contributed by atoms with Crippen molar-refractivity contribution in [2.45, 2.75) is 19.3 Å². The van der Waals surface area contributed by atoms with Crippen molar-refractivity contribution in [2.24, 2.45) is 5.92 Å². The van der Waals surface area contributed by atoms with Crippen molar-refractivity contribution in [1.82, 2.24) is 5.32 Å². The second-order valence-electron chi connectivity index (χ2n) is 5.05. The number of amides is 1. The van der Waals surface area contributed by atoms with E-state index in [0.29, 0.717) is 25.5 Å². The Kier molecular flexibility index (Phi) is 5.21. The van der Waals surface area contributed by atoms with E-state index in [-0.39, 0.29) is 11.3 Å². The van der Waals surface area contributed by atoms with Crippen LogP contribution in [0.25, 0.3) is 0 Å². The number of rotatable bonds is 8. The van der Waals surface area contributed by atoms with Gasteiger partial charge in [0.2, 0.25) is 0 Å². The van der Waals surface area contributed by atoms with Crippen molar-refractivity contribution >= 4 is 11.6 Å². The summed E-state index contributed by atoms with van der Waals surface area (Å²) in [6.07, 6.45) is 3.07.